The number of carbonyl (C=O) groups is 2. The van der Waals surface area contributed by atoms with Crippen molar-refractivity contribution in [3.8, 4) is 6.07 Å². The summed E-state index contributed by atoms with van der Waals surface area (Å²) >= 11 is 1.35. The molecule has 0 saturated carbocycles. The van der Waals surface area contributed by atoms with Crippen LogP contribution < -0.4 is 0 Å². The number of halogens is 3. The summed E-state index contributed by atoms with van der Waals surface area (Å²) in [7, 11) is 2.03. The van der Waals surface area contributed by atoms with Crippen LogP contribution in [0.15, 0.2) is 67.3 Å². The van der Waals surface area contributed by atoms with Crippen LogP contribution in [0.2, 0.25) is 0 Å². The molecule has 2 fully saturated rings. The molecule has 2 aromatic carbocycles. The molecule has 0 radical (unpaired) electrons. The Morgan fingerprint density at radius 1 is 1.07 bits per heavy atom. The maximum atomic E-state index is 15.7. The summed E-state index contributed by atoms with van der Waals surface area (Å²) in [6.45, 7) is 5.53. The fourth-order valence-electron chi connectivity index (χ4n) is 6.02. The summed E-state index contributed by atoms with van der Waals surface area (Å²) in [6.07, 6.45) is 8.59. The van der Waals surface area contributed by atoms with Gasteiger partial charge in [0.2, 0.25) is 0 Å². The Labute approximate surface area is 316 Å². The van der Waals surface area contributed by atoms with Crippen molar-refractivity contribution in [2.24, 2.45) is 0 Å². The lowest BCUT2D eigenvalue weighted by Crippen LogP contribution is -2.47. The van der Waals surface area contributed by atoms with Crippen LogP contribution in [-0.2, 0) is 40.7 Å². The molecule has 288 valence electrons. The number of likely N-dealkylation sites (N-methyl/N-ethyl adjacent to an activating group) is 1. The van der Waals surface area contributed by atoms with E-state index < -0.39 is 40.6 Å². The van der Waals surface area contributed by atoms with Gasteiger partial charge in [-0.1, -0.05) is 24.3 Å². The average Bonchev–Trinajstić information content (AvgIpc) is 3.66. The minimum Gasteiger partial charge on any atom is -0.465 e. The molecule has 0 unspecified atom stereocenters. The summed E-state index contributed by atoms with van der Waals surface area (Å²) in [5.41, 5.74) is -1.18. The molecule has 2 atom stereocenters. The zero-order valence-corrected chi connectivity index (χ0v) is 30.9. The zero-order valence-electron chi connectivity index (χ0n) is 30.1. The molecule has 54 heavy (non-hydrogen) atoms. The quantitative estimate of drug-likeness (QED) is 0.114. The smallest absolute Gasteiger partial charge is 0.320 e. The third kappa shape index (κ3) is 11.5. The molecular weight excluding hydrogens is 726 g/mol. The number of hydrogen-bond acceptors (Lipinski definition) is 12. The molecule has 2 aliphatic heterocycles. The SMILES string of the molecule is C[C@@H](S[C@H]1CO[C@H](C=CC=Cc2ccc(C#N)cc2F)OC1)[C@@](Cn1cncn1)(OC(=O)CCCOC(=O)CN1CCN(C)CC1)c1ccc(F)cc1F. The van der Waals surface area contributed by atoms with E-state index in [4.69, 9.17) is 24.2 Å². The molecule has 3 aromatic rings. The van der Waals surface area contributed by atoms with E-state index in [9.17, 15) is 18.4 Å². The second-order valence-electron chi connectivity index (χ2n) is 13.0. The number of nitrogens with zero attached hydrogens (tertiary/aromatic N) is 6. The van der Waals surface area contributed by atoms with Gasteiger partial charge in [-0.05, 0) is 50.7 Å². The van der Waals surface area contributed by atoms with Crippen LogP contribution in [0.5, 0.6) is 0 Å². The van der Waals surface area contributed by atoms with Gasteiger partial charge in [0.15, 0.2) is 11.9 Å². The van der Waals surface area contributed by atoms with E-state index in [1.807, 2.05) is 18.0 Å². The summed E-state index contributed by atoms with van der Waals surface area (Å²) < 4.78 is 68.8. The van der Waals surface area contributed by atoms with Gasteiger partial charge in [-0.25, -0.2) is 22.8 Å². The highest BCUT2D eigenvalue weighted by Gasteiger charge is 2.46. The molecule has 2 aliphatic rings. The minimum atomic E-state index is -1.69. The van der Waals surface area contributed by atoms with E-state index in [-0.39, 0.29) is 68.1 Å². The fourth-order valence-corrected chi connectivity index (χ4v) is 7.38. The zero-order chi connectivity index (χ0) is 38.5. The van der Waals surface area contributed by atoms with Crippen molar-refractivity contribution in [1.82, 2.24) is 24.6 Å². The van der Waals surface area contributed by atoms with E-state index in [0.717, 1.165) is 44.4 Å². The number of carbonyl (C=O) groups excluding carboxylic acids is 2. The Bertz CT molecular complexity index is 1810. The minimum absolute atomic E-state index is 0.00143. The van der Waals surface area contributed by atoms with Crippen LogP contribution >= 0.6 is 11.8 Å². The van der Waals surface area contributed by atoms with Crippen LogP contribution in [0.1, 0.15) is 36.5 Å². The Balaban J connectivity index is 1.22. The van der Waals surface area contributed by atoms with Gasteiger partial charge in [-0.15, -0.1) is 11.8 Å². The fraction of sp³-hybridized carbons (Fsp3) is 0.447. The number of rotatable bonds is 16. The van der Waals surface area contributed by atoms with E-state index in [1.54, 1.807) is 31.2 Å². The molecule has 1 aromatic heterocycles. The number of benzene rings is 2. The van der Waals surface area contributed by atoms with E-state index >= 15 is 4.39 Å². The molecule has 16 heteroatoms. The number of thioether (sulfide) groups is 1. The standard InChI is InChI=1S/C38H43F3N6O6S/c1-27(54-31-22-51-37(52-23-31)8-4-3-6-29-10-9-28(20-42)18-33(29)40)38(24-47-26-43-25-44-47,32-12-11-30(39)19-34(32)41)53-35(48)7-5-17-50-36(49)21-46-15-13-45(2)14-16-46/h3-4,6,8-12,18-19,25-27,31,37H,5,7,13-17,21-24H2,1-2H3/t27-,31-,37-,38-/m1/s1. The second-order valence-corrected chi connectivity index (χ2v) is 14.7. The molecule has 0 N–H and O–H groups in total. The van der Waals surface area contributed by atoms with Gasteiger partial charge >= 0.3 is 11.9 Å². The van der Waals surface area contributed by atoms with Crippen molar-refractivity contribution in [3.05, 3.63) is 101 Å². The van der Waals surface area contributed by atoms with E-state index in [1.165, 1.54) is 47.3 Å². The first kappa shape index (κ1) is 40.7. The number of ether oxygens (including phenoxy) is 4. The third-order valence-electron chi connectivity index (χ3n) is 9.01. The van der Waals surface area contributed by atoms with Crippen molar-refractivity contribution >= 4 is 29.8 Å². The first-order valence-corrected chi connectivity index (χ1v) is 18.5. The lowest BCUT2D eigenvalue weighted by atomic mass is 9.89. The molecule has 3 heterocycles. The van der Waals surface area contributed by atoms with E-state index in [2.05, 4.69) is 15.0 Å². The predicted molar refractivity (Wildman–Crippen MR) is 194 cm³/mol. The van der Waals surface area contributed by atoms with Gasteiger partial charge < -0.3 is 23.8 Å². The topological polar surface area (TPSA) is 132 Å². The maximum Gasteiger partial charge on any atom is 0.320 e. The largest absolute Gasteiger partial charge is 0.465 e. The Morgan fingerprint density at radius 2 is 1.85 bits per heavy atom. The molecule has 2 saturated heterocycles. The molecule has 12 nitrogen and oxygen atoms in total. The highest BCUT2D eigenvalue weighted by molar-refractivity contribution is 8.00. The van der Waals surface area contributed by atoms with Crippen LogP contribution in [0, 0.1) is 28.8 Å². The summed E-state index contributed by atoms with van der Waals surface area (Å²) in [6, 6.07) is 9.21. The molecular formula is C38H43F3N6O6S. The van der Waals surface area contributed by atoms with Crippen molar-refractivity contribution in [2.75, 3.05) is 59.6 Å². The van der Waals surface area contributed by atoms with Crippen molar-refractivity contribution in [1.29, 1.82) is 5.26 Å². The van der Waals surface area contributed by atoms with Gasteiger partial charge in [0.05, 0.1) is 49.8 Å². The normalized spacial score (nSPS) is 20.1. The monoisotopic (exact) mass is 768 g/mol. The number of aromatic nitrogens is 3. The van der Waals surface area contributed by atoms with Crippen LogP contribution in [0.3, 0.4) is 0 Å². The van der Waals surface area contributed by atoms with Gasteiger partial charge in [0.1, 0.15) is 30.1 Å². The number of allylic oxidation sites excluding steroid dienone is 2. The van der Waals surface area contributed by atoms with Crippen molar-refractivity contribution in [2.45, 2.75) is 48.7 Å². The molecule has 0 amide bonds. The van der Waals surface area contributed by atoms with Gasteiger partial charge in [0.25, 0.3) is 0 Å². The Hall–Kier alpha value is -4.53. The number of nitriles is 1. The van der Waals surface area contributed by atoms with Crippen LogP contribution in [0.25, 0.3) is 6.08 Å². The Morgan fingerprint density at radius 3 is 2.54 bits per heavy atom. The number of piperazine rings is 1. The first-order chi connectivity index (χ1) is 26.0. The average molecular weight is 769 g/mol. The number of esters is 2. The van der Waals surface area contributed by atoms with Crippen LogP contribution in [-0.4, -0.2) is 113 Å². The first-order valence-electron chi connectivity index (χ1n) is 17.5. The van der Waals surface area contributed by atoms with Gasteiger partial charge in [0, 0.05) is 55.0 Å². The summed E-state index contributed by atoms with van der Waals surface area (Å²) in [4.78, 5) is 34.1. The molecule has 0 bridgehead atoms. The van der Waals surface area contributed by atoms with Crippen LogP contribution in [0.4, 0.5) is 13.2 Å². The molecule has 0 spiro atoms. The van der Waals surface area contributed by atoms with E-state index in [0.29, 0.717) is 5.56 Å². The van der Waals surface area contributed by atoms with Gasteiger partial charge in [-0.2, -0.15) is 10.4 Å². The predicted octanol–water partition coefficient (Wildman–Crippen LogP) is 4.71. The molecule has 0 aliphatic carbocycles. The molecule has 5 rings (SSSR count). The highest BCUT2D eigenvalue weighted by atomic mass is 32.2. The van der Waals surface area contributed by atoms with Crippen molar-refractivity contribution in [3.63, 3.8) is 0 Å². The summed E-state index contributed by atoms with van der Waals surface area (Å²) in [5, 5.41) is 12.2. The number of hydrogen-bond donors (Lipinski definition) is 0. The van der Waals surface area contributed by atoms with Crippen molar-refractivity contribution < 1.29 is 41.7 Å². The lowest BCUT2D eigenvalue weighted by Gasteiger charge is -2.40. The maximum absolute atomic E-state index is 15.7. The van der Waals surface area contributed by atoms with Gasteiger partial charge in [-0.3, -0.25) is 14.5 Å². The third-order valence-corrected chi connectivity index (χ3v) is 10.5. The highest BCUT2D eigenvalue weighted by Crippen LogP contribution is 2.42. The lowest BCUT2D eigenvalue weighted by molar-refractivity contribution is -0.164. The second kappa shape index (κ2) is 19.7. The summed E-state index contributed by atoms with van der Waals surface area (Å²) in [5.74, 6) is -3.25. The Kier molecular flexibility index (Phi) is 14.8.